The Morgan fingerprint density at radius 1 is 0.551 bits per heavy atom. The zero-order valence-electron chi connectivity index (χ0n) is 32.5. The van der Waals surface area contributed by atoms with E-state index in [-0.39, 0.29) is 18.6 Å². The maximum atomic E-state index is 12.6. The van der Waals surface area contributed by atoms with Crippen molar-refractivity contribution in [2.45, 2.75) is 200 Å². The van der Waals surface area contributed by atoms with Crippen molar-refractivity contribution in [3.05, 3.63) is 48.6 Å². The zero-order valence-corrected chi connectivity index (χ0v) is 32.5. The van der Waals surface area contributed by atoms with Gasteiger partial charge in [0.2, 0.25) is 0 Å². The maximum absolute atomic E-state index is 12.6. The van der Waals surface area contributed by atoms with Gasteiger partial charge in [0.05, 0.1) is 6.54 Å². The molecular weight excluding hydrogens is 606 g/mol. The molecule has 0 aromatic rings. The Balaban J connectivity index is 4.18. The summed E-state index contributed by atoms with van der Waals surface area (Å²) >= 11 is 0. The smallest absolute Gasteiger partial charge is 0.317 e. The Bertz CT molecular complexity index is 798. The van der Waals surface area contributed by atoms with E-state index in [0.717, 1.165) is 38.5 Å². The summed E-state index contributed by atoms with van der Waals surface area (Å²) in [5.41, 5.74) is 0. The number of carbonyl (C=O) groups excluding carboxylic acids is 1. The van der Waals surface area contributed by atoms with Crippen molar-refractivity contribution in [1.29, 1.82) is 0 Å². The first kappa shape index (κ1) is 46.9. The van der Waals surface area contributed by atoms with Gasteiger partial charge >= 0.3 is 11.9 Å². The summed E-state index contributed by atoms with van der Waals surface area (Å²) in [5, 5.41) is 8.94. The molecule has 0 bridgehead atoms. The van der Waals surface area contributed by atoms with E-state index in [1.807, 2.05) is 0 Å². The van der Waals surface area contributed by atoms with E-state index in [2.05, 4.69) is 62.5 Å². The van der Waals surface area contributed by atoms with Crippen LogP contribution >= 0.6 is 0 Å². The molecule has 49 heavy (non-hydrogen) atoms. The van der Waals surface area contributed by atoms with Crippen LogP contribution in [0.2, 0.25) is 0 Å². The fraction of sp³-hybridized carbons (Fsp3) is 0.773. The molecule has 0 aliphatic heterocycles. The second kappa shape index (κ2) is 38.7. The molecule has 0 unspecified atom stereocenters. The van der Waals surface area contributed by atoms with Crippen LogP contribution in [0.5, 0.6) is 0 Å². The number of carbonyl (C=O) groups is 2. The van der Waals surface area contributed by atoms with Gasteiger partial charge in [0.1, 0.15) is 6.10 Å². The van der Waals surface area contributed by atoms with Gasteiger partial charge in [-0.15, -0.1) is 0 Å². The summed E-state index contributed by atoms with van der Waals surface area (Å²) in [6, 6.07) is 0. The average molecular weight is 686 g/mol. The Morgan fingerprint density at radius 3 is 1.35 bits per heavy atom. The molecule has 284 valence electrons. The summed E-state index contributed by atoms with van der Waals surface area (Å²) in [4.78, 5) is 25.2. The standard InChI is InChI=1S/C44H79NO4/c1-4-6-8-10-12-14-16-18-20-22-24-26-28-30-32-34-37-42(49-44(48)39-36-40-45(3)41-43(46)47)38-35-33-31-29-27-25-23-21-19-17-15-13-11-9-7-5-2/h12-15,18-21,42H,4-11,16-17,22-41H2,1-3H3,(H,46,47)/b14-12-,15-13-,20-18-,21-19-. The Kier molecular flexibility index (Phi) is 37.0. The summed E-state index contributed by atoms with van der Waals surface area (Å²) in [7, 11) is 1.78. The first-order valence-electron chi connectivity index (χ1n) is 20.7. The van der Waals surface area contributed by atoms with E-state index >= 15 is 0 Å². The molecule has 0 saturated heterocycles. The number of hydrogen-bond donors (Lipinski definition) is 1. The van der Waals surface area contributed by atoms with Crippen molar-refractivity contribution >= 4 is 11.9 Å². The van der Waals surface area contributed by atoms with Crippen LogP contribution in [-0.2, 0) is 14.3 Å². The monoisotopic (exact) mass is 686 g/mol. The van der Waals surface area contributed by atoms with Gasteiger partial charge in [-0.05, 0) is 110 Å². The third kappa shape index (κ3) is 38.5. The molecule has 0 saturated carbocycles. The van der Waals surface area contributed by atoms with E-state index < -0.39 is 5.97 Å². The van der Waals surface area contributed by atoms with Crippen LogP contribution in [0, 0.1) is 0 Å². The minimum Gasteiger partial charge on any atom is -0.480 e. The predicted molar refractivity (Wildman–Crippen MR) is 212 cm³/mol. The molecule has 0 radical (unpaired) electrons. The topological polar surface area (TPSA) is 66.8 Å². The van der Waals surface area contributed by atoms with Crippen molar-refractivity contribution in [2.75, 3.05) is 20.1 Å². The number of nitrogens with zero attached hydrogens (tertiary/aromatic N) is 1. The number of carboxylic acid groups (broad SMARTS) is 1. The Morgan fingerprint density at radius 2 is 0.939 bits per heavy atom. The molecule has 0 aliphatic carbocycles. The van der Waals surface area contributed by atoms with Crippen molar-refractivity contribution < 1.29 is 19.4 Å². The van der Waals surface area contributed by atoms with Crippen LogP contribution in [0.1, 0.15) is 194 Å². The number of allylic oxidation sites excluding steroid dienone is 8. The summed E-state index contributed by atoms with van der Waals surface area (Å²) < 4.78 is 5.96. The number of rotatable bonds is 37. The summed E-state index contributed by atoms with van der Waals surface area (Å²) in [5.74, 6) is -0.972. The van der Waals surface area contributed by atoms with Crippen LogP contribution < -0.4 is 0 Å². The lowest BCUT2D eigenvalue weighted by Gasteiger charge is -2.19. The van der Waals surface area contributed by atoms with E-state index in [1.165, 1.54) is 128 Å². The quantitative estimate of drug-likeness (QED) is 0.0400. The molecule has 5 nitrogen and oxygen atoms in total. The average Bonchev–Trinajstić information content (AvgIpc) is 3.07. The van der Waals surface area contributed by atoms with Gasteiger partial charge in [-0.3, -0.25) is 14.5 Å². The molecule has 0 atom stereocenters. The molecule has 0 aromatic heterocycles. The van der Waals surface area contributed by atoms with Gasteiger partial charge in [-0.25, -0.2) is 0 Å². The molecule has 0 aromatic carbocycles. The van der Waals surface area contributed by atoms with Crippen molar-refractivity contribution in [2.24, 2.45) is 0 Å². The minimum absolute atomic E-state index is 0.00121. The third-order valence-electron chi connectivity index (χ3n) is 9.08. The predicted octanol–water partition coefficient (Wildman–Crippen LogP) is 13.1. The molecular formula is C44H79NO4. The first-order valence-corrected chi connectivity index (χ1v) is 20.7. The molecule has 0 fully saturated rings. The van der Waals surface area contributed by atoms with Gasteiger partial charge in [-0.2, -0.15) is 0 Å². The summed E-state index contributed by atoms with van der Waals surface area (Å²) in [6.07, 6.45) is 51.1. The van der Waals surface area contributed by atoms with Crippen LogP contribution in [0.15, 0.2) is 48.6 Å². The van der Waals surface area contributed by atoms with Gasteiger partial charge in [0.25, 0.3) is 0 Å². The largest absolute Gasteiger partial charge is 0.480 e. The molecule has 0 amide bonds. The highest BCUT2D eigenvalue weighted by molar-refractivity contribution is 5.70. The second-order valence-electron chi connectivity index (χ2n) is 14.1. The highest BCUT2D eigenvalue weighted by atomic mass is 16.5. The first-order chi connectivity index (χ1) is 24.0. The van der Waals surface area contributed by atoms with Gasteiger partial charge < -0.3 is 9.84 Å². The van der Waals surface area contributed by atoms with Gasteiger partial charge in [-0.1, -0.05) is 140 Å². The lowest BCUT2D eigenvalue weighted by Crippen LogP contribution is -2.27. The van der Waals surface area contributed by atoms with E-state index in [4.69, 9.17) is 9.84 Å². The van der Waals surface area contributed by atoms with Gasteiger partial charge in [0.15, 0.2) is 0 Å². The number of carboxylic acids is 1. The number of hydrogen-bond acceptors (Lipinski definition) is 4. The molecule has 0 heterocycles. The van der Waals surface area contributed by atoms with Crippen LogP contribution in [0.25, 0.3) is 0 Å². The maximum Gasteiger partial charge on any atom is 0.317 e. The van der Waals surface area contributed by atoms with Gasteiger partial charge in [0, 0.05) is 6.42 Å². The lowest BCUT2D eigenvalue weighted by molar-refractivity contribution is -0.150. The molecule has 0 spiro atoms. The highest BCUT2D eigenvalue weighted by Crippen LogP contribution is 2.18. The third-order valence-corrected chi connectivity index (χ3v) is 9.08. The lowest BCUT2D eigenvalue weighted by atomic mass is 10.0. The fourth-order valence-corrected chi connectivity index (χ4v) is 6.03. The number of aliphatic carboxylic acids is 1. The molecule has 1 N–H and O–H groups in total. The van der Waals surface area contributed by atoms with E-state index in [1.54, 1.807) is 11.9 Å². The number of unbranched alkanes of at least 4 members (excludes halogenated alkanes) is 18. The molecule has 0 aliphatic rings. The summed E-state index contributed by atoms with van der Waals surface area (Å²) in [6.45, 7) is 5.09. The Labute approximate surface area is 304 Å². The minimum atomic E-state index is -0.841. The van der Waals surface area contributed by atoms with Crippen LogP contribution in [-0.4, -0.2) is 48.2 Å². The van der Waals surface area contributed by atoms with Crippen LogP contribution in [0.3, 0.4) is 0 Å². The number of likely N-dealkylation sites (N-methyl/N-ethyl adjacent to an activating group) is 1. The zero-order chi connectivity index (χ0) is 35.9. The van der Waals surface area contributed by atoms with E-state index in [9.17, 15) is 9.59 Å². The fourth-order valence-electron chi connectivity index (χ4n) is 6.03. The number of esters is 1. The highest BCUT2D eigenvalue weighted by Gasteiger charge is 2.15. The van der Waals surface area contributed by atoms with Crippen molar-refractivity contribution in [3.8, 4) is 0 Å². The molecule has 5 heteroatoms. The normalized spacial score (nSPS) is 12.3. The second-order valence-corrected chi connectivity index (χ2v) is 14.1. The number of ether oxygens (including phenoxy) is 1. The van der Waals surface area contributed by atoms with Crippen molar-refractivity contribution in [1.82, 2.24) is 4.90 Å². The van der Waals surface area contributed by atoms with Crippen molar-refractivity contribution in [3.63, 3.8) is 0 Å². The van der Waals surface area contributed by atoms with E-state index in [0.29, 0.717) is 19.4 Å². The van der Waals surface area contributed by atoms with Crippen LogP contribution in [0.4, 0.5) is 0 Å². The SMILES string of the molecule is CCCCC/C=C\C/C=C\CCCCCCCCC(CCCCCCCC/C=C\C/C=C\CCCCC)OC(=O)CCCN(C)CC(=O)O. The Hall–Kier alpha value is -2.14. The molecule has 0 rings (SSSR count).